The molecule has 2 heterocycles. The second-order valence-corrected chi connectivity index (χ2v) is 8.86. The van der Waals surface area contributed by atoms with Gasteiger partial charge in [0.15, 0.2) is 0 Å². The van der Waals surface area contributed by atoms with Crippen LogP contribution in [0.4, 0.5) is 0 Å². The van der Waals surface area contributed by atoms with Gasteiger partial charge in [-0.15, -0.1) is 0 Å². The van der Waals surface area contributed by atoms with E-state index in [1.54, 1.807) is 12.1 Å². The molecule has 1 aromatic heterocycles. The molecule has 2 N–H and O–H groups in total. The molecule has 154 valence electrons. The molecule has 5 rings (SSSR count). The summed E-state index contributed by atoms with van der Waals surface area (Å²) in [5, 5.41) is 4.83. The molecule has 2 aliphatic rings. The van der Waals surface area contributed by atoms with E-state index in [-0.39, 0.29) is 5.91 Å². The number of hydrogen-bond acceptors (Lipinski definition) is 5. The number of primary amides is 1. The lowest BCUT2D eigenvalue weighted by atomic mass is 9.90. The third-order valence-electron chi connectivity index (χ3n) is 6.51. The molecular formula is C23H23ClN4O2. The maximum absolute atomic E-state index is 11.2. The number of amides is 1. The Balaban J connectivity index is 1.19. The van der Waals surface area contributed by atoms with Crippen LogP contribution in [0, 0.1) is 5.41 Å². The van der Waals surface area contributed by atoms with Gasteiger partial charge in [0.2, 0.25) is 17.6 Å². The number of rotatable bonds is 5. The molecule has 1 saturated carbocycles. The van der Waals surface area contributed by atoms with Crippen molar-refractivity contribution in [1.29, 1.82) is 0 Å². The van der Waals surface area contributed by atoms with E-state index in [1.807, 2.05) is 36.4 Å². The highest BCUT2D eigenvalue weighted by atomic mass is 35.5. The highest BCUT2D eigenvalue weighted by Gasteiger charge is 2.58. The van der Waals surface area contributed by atoms with E-state index in [4.69, 9.17) is 21.9 Å². The van der Waals surface area contributed by atoms with Crippen LogP contribution in [0.3, 0.4) is 0 Å². The zero-order chi connectivity index (χ0) is 20.7. The van der Waals surface area contributed by atoms with Gasteiger partial charge < -0.3 is 10.3 Å². The summed E-state index contributed by atoms with van der Waals surface area (Å²) >= 11 is 6.07. The Morgan fingerprint density at radius 2 is 1.97 bits per heavy atom. The van der Waals surface area contributed by atoms with Crippen LogP contribution in [0.25, 0.3) is 11.4 Å². The van der Waals surface area contributed by atoms with Gasteiger partial charge in [-0.2, -0.15) is 4.98 Å². The van der Waals surface area contributed by atoms with Gasteiger partial charge in [-0.25, -0.2) is 0 Å². The number of nitrogens with two attached hydrogens (primary N) is 1. The normalized spacial score (nSPS) is 20.4. The van der Waals surface area contributed by atoms with E-state index < -0.39 is 0 Å². The maximum atomic E-state index is 11.2. The number of likely N-dealkylation sites (tertiary alicyclic amines) is 1. The van der Waals surface area contributed by atoms with Crippen LogP contribution < -0.4 is 5.73 Å². The van der Waals surface area contributed by atoms with Crippen LogP contribution in [0.5, 0.6) is 0 Å². The van der Waals surface area contributed by atoms with E-state index in [1.165, 1.54) is 5.56 Å². The van der Waals surface area contributed by atoms with Crippen molar-refractivity contribution in [3.05, 3.63) is 70.6 Å². The largest absolute Gasteiger partial charge is 0.366 e. The lowest BCUT2D eigenvalue weighted by Gasteiger charge is -2.32. The van der Waals surface area contributed by atoms with Crippen molar-refractivity contribution in [2.45, 2.75) is 31.7 Å². The number of halogens is 1. The zero-order valence-electron chi connectivity index (χ0n) is 16.6. The summed E-state index contributed by atoms with van der Waals surface area (Å²) in [5.74, 6) is 1.32. The molecule has 1 aliphatic heterocycles. The molecule has 1 saturated heterocycles. The average Bonchev–Trinajstić information content (AvgIpc) is 3.21. The minimum Gasteiger partial charge on any atom is -0.366 e. The molecule has 0 radical (unpaired) electrons. The smallest absolute Gasteiger partial charge is 0.248 e. The summed E-state index contributed by atoms with van der Waals surface area (Å²) in [6.07, 6.45) is 3.38. The number of carbonyl (C=O) groups is 1. The Kier molecular flexibility index (Phi) is 4.83. The van der Waals surface area contributed by atoms with Crippen molar-refractivity contribution < 1.29 is 9.32 Å². The van der Waals surface area contributed by atoms with Crippen LogP contribution in [-0.2, 0) is 6.54 Å². The molecule has 1 atom stereocenters. The number of hydrogen-bond donors (Lipinski definition) is 1. The third kappa shape index (κ3) is 3.73. The highest BCUT2D eigenvalue weighted by Crippen LogP contribution is 2.64. The molecule has 1 amide bonds. The zero-order valence-corrected chi connectivity index (χ0v) is 17.3. The first kappa shape index (κ1) is 19.3. The summed E-state index contributed by atoms with van der Waals surface area (Å²) in [6, 6.07) is 15.1. The molecule has 3 aromatic rings. The lowest BCUT2D eigenvalue weighted by molar-refractivity contribution is 0.1000. The van der Waals surface area contributed by atoms with Gasteiger partial charge in [0.1, 0.15) is 0 Å². The summed E-state index contributed by atoms with van der Waals surface area (Å²) in [7, 11) is 0. The SMILES string of the molecule is NC(=O)c1ccc(CN2CCC3(CC2)C[C@@H]3c2nc(-c3cccc(Cl)c3)no2)cc1. The van der Waals surface area contributed by atoms with Crippen LogP contribution >= 0.6 is 11.6 Å². The van der Waals surface area contributed by atoms with Gasteiger partial charge in [-0.3, -0.25) is 9.69 Å². The van der Waals surface area contributed by atoms with E-state index >= 15 is 0 Å². The minimum atomic E-state index is -0.388. The predicted octanol–water partition coefficient (Wildman–Crippen LogP) is 4.26. The monoisotopic (exact) mass is 422 g/mol. The molecular weight excluding hydrogens is 400 g/mol. The van der Waals surface area contributed by atoms with Crippen molar-refractivity contribution in [2.75, 3.05) is 13.1 Å². The Hall–Kier alpha value is -2.70. The Morgan fingerprint density at radius 3 is 2.67 bits per heavy atom. The molecule has 30 heavy (non-hydrogen) atoms. The quantitative estimate of drug-likeness (QED) is 0.664. The van der Waals surface area contributed by atoms with Crippen molar-refractivity contribution in [2.24, 2.45) is 11.1 Å². The Labute approximate surface area is 180 Å². The second kappa shape index (κ2) is 7.52. The standard InChI is InChI=1S/C23H23ClN4O2/c24-18-3-1-2-17(12-18)21-26-22(30-27-21)19-13-23(19)8-10-28(11-9-23)14-15-4-6-16(7-5-15)20(25)29/h1-7,12,19H,8-11,13-14H2,(H2,25,29)/t19-/m1/s1. The van der Waals surface area contributed by atoms with Crippen molar-refractivity contribution in [3.63, 3.8) is 0 Å². The number of nitrogens with zero attached hydrogens (tertiary/aromatic N) is 3. The van der Waals surface area contributed by atoms with E-state index in [2.05, 4.69) is 15.0 Å². The van der Waals surface area contributed by atoms with Gasteiger partial charge in [-0.05, 0) is 67.6 Å². The minimum absolute atomic E-state index is 0.296. The molecule has 0 bridgehead atoms. The van der Waals surface area contributed by atoms with Crippen molar-refractivity contribution in [1.82, 2.24) is 15.0 Å². The van der Waals surface area contributed by atoms with Crippen LogP contribution in [-0.4, -0.2) is 34.0 Å². The third-order valence-corrected chi connectivity index (χ3v) is 6.74. The summed E-state index contributed by atoms with van der Waals surface area (Å²) in [5.41, 5.74) is 8.24. The first-order valence-corrected chi connectivity index (χ1v) is 10.6. The first-order valence-electron chi connectivity index (χ1n) is 10.2. The summed E-state index contributed by atoms with van der Waals surface area (Å²) in [6.45, 7) is 2.98. The van der Waals surface area contributed by atoms with Gasteiger partial charge in [0.25, 0.3) is 0 Å². The van der Waals surface area contributed by atoms with Gasteiger partial charge in [0.05, 0.1) is 0 Å². The summed E-state index contributed by atoms with van der Waals surface area (Å²) in [4.78, 5) is 18.3. The molecule has 2 aromatic carbocycles. The van der Waals surface area contributed by atoms with Crippen molar-refractivity contribution in [3.8, 4) is 11.4 Å². The maximum Gasteiger partial charge on any atom is 0.248 e. The molecule has 6 nitrogen and oxygen atoms in total. The Bertz CT molecular complexity index is 1070. The highest BCUT2D eigenvalue weighted by molar-refractivity contribution is 6.30. The van der Waals surface area contributed by atoms with E-state index in [0.29, 0.717) is 27.7 Å². The van der Waals surface area contributed by atoms with Crippen molar-refractivity contribution >= 4 is 17.5 Å². The fourth-order valence-corrected chi connectivity index (χ4v) is 4.75. The van der Waals surface area contributed by atoms with Crippen LogP contribution in [0.15, 0.2) is 53.1 Å². The fraction of sp³-hybridized carbons (Fsp3) is 0.348. The second-order valence-electron chi connectivity index (χ2n) is 8.42. The van der Waals surface area contributed by atoms with Gasteiger partial charge in [0, 0.05) is 28.6 Å². The Morgan fingerprint density at radius 1 is 1.20 bits per heavy atom. The van der Waals surface area contributed by atoms with Gasteiger partial charge in [-0.1, -0.05) is 41.0 Å². The molecule has 1 aliphatic carbocycles. The number of piperidine rings is 1. The van der Waals surface area contributed by atoms with E-state index in [9.17, 15) is 4.79 Å². The van der Waals surface area contributed by atoms with Crippen LogP contribution in [0.1, 0.15) is 47.0 Å². The topological polar surface area (TPSA) is 85.3 Å². The number of aromatic nitrogens is 2. The molecule has 1 spiro atoms. The van der Waals surface area contributed by atoms with E-state index in [0.717, 1.165) is 50.4 Å². The number of benzene rings is 2. The molecule has 2 fully saturated rings. The molecule has 0 unspecified atom stereocenters. The molecule has 7 heteroatoms. The first-order chi connectivity index (χ1) is 14.5. The summed E-state index contributed by atoms with van der Waals surface area (Å²) < 4.78 is 5.61. The predicted molar refractivity (Wildman–Crippen MR) is 114 cm³/mol. The average molecular weight is 423 g/mol. The number of carbonyl (C=O) groups excluding carboxylic acids is 1. The van der Waals surface area contributed by atoms with Crippen LogP contribution in [0.2, 0.25) is 5.02 Å². The fourth-order valence-electron chi connectivity index (χ4n) is 4.56. The van der Waals surface area contributed by atoms with Gasteiger partial charge >= 0.3 is 0 Å². The lowest BCUT2D eigenvalue weighted by Crippen LogP contribution is -2.34.